The third-order valence-corrected chi connectivity index (χ3v) is 4.18. The number of hydrogen-bond donors (Lipinski definition) is 1. The topological polar surface area (TPSA) is 35.6 Å². The third kappa shape index (κ3) is 3.94. The standard InChI is InChI=1S/C16H23F2N3O/c1-11(14-7-6-12(17)9-15(14)18)19-16(22)21-8-4-5-13(10-21)20(2)3/h6-7,9,11,13H,4-5,8,10H2,1-3H3,(H,19,22)/t11-,13+/m0/s1. The van der Waals surface area contributed by atoms with Crippen LogP contribution < -0.4 is 5.32 Å². The van der Waals surface area contributed by atoms with E-state index in [0.717, 1.165) is 18.9 Å². The van der Waals surface area contributed by atoms with Gasteiger partial charge in [0.2, 0.25) is 0 Å². The number of urea groups is 1. The summed E-state index contributed by atoms with van der Waals surface area (Å²) in [5.74, 6) is -1.26. The summed E-state index contributed by atoms with van der Waals surface area (Å²) < 4.78 is 26.7. The summed E-state index contributed by atoms with van der Waals surface area (Å²) in [7, 11) is 4.01. The van der Waals surface area contributed by atoms with Gasteiger partial charge < -0.3 is 15.1 Å². The highest BCUT2D eigenvalue weighted by Crippen LogP contribution is 2.19. The number of carbonyl (C=O) groups excluding carboxylic acids is 1. The van der Waals surface area contributed by atoms with Gasteiger partial charge in [0, 0.05) is 30.8 Å². The van der Waals surface area contributed by atoms with Crippen LogP contribution in [0.2, 0.25) is 0 Å². The fourth-order valence-electron chi connectivity index (χ4n) is 2.77. The van der Waals surface area contributed by atoms with E-state index in [-0.39, 0.29) is 11.6 Å². The van der Waals surface area contributed by atoms with E-state index in [0.29, 0.717) is 19.1 Å². The Morgan fingerprint density at radius 3 is 2.77 bits per heavy atom. The number of nitrogens with zero attached hydrogens (tertiary/aromatic N) is 2. The minimum atomic E-state index is -0.641. The number of amides is 2. The Labute approximate surface area is 130 Å². The van der Waals surface area contributed by atoms with Gasteiger partial charge in [-0.05, 0) is 39.9 Å². The van der Waals surface area contributed by atoms with Gasteiger partial charge in [0.25, 0.3) is 0 Å². The lowest BCUT2D eigenvalue weighted by Gasteiger charge is -2.36. The Balaban J connectivity index is 1.98. The average molecular weight is 311 g/mol. The molecule has 1 aliphatic rings. The van der Waals surface area contributed by atoms with Gasteiger partial charge in [0.05, 0.1) is 6.04 Å². The molecule has 0 aliphatic carbocycles. The van der Waals surface area contributed by atoms with Crippen molar-refractivity contribution in [3.63, 3.8) is 0 Å². The fraction of sp³-hybridized carbons (Fsp3) is 0.562. The Morgan fingerprint density at radius 2 is 2.14 bits per heavy atom. The number of piperidine rings is 1. The molecule has 2 rings (SSSR count). The van der Waals surface area contributed by atoms with Crippen molar-refractivity contribution >= 4 is 6.03 Å². The molecule has 0 bridgehead atoms. The second-order valence-electron chi connectivity index (χ2n) is 6.04. The molecule has 1 heterocycles. The minimum absolute atomic E-state index is 0.206. The molecule has 1 saturated heterocycles. The van der Waals surface area contributed by atoms with Crippen molar-refractivity contribution in [3.8, 4) is 0 Å². The van der Waals surface area contributed by atoms with Gasteiger partial charge in [-0.15, -0.1) is 0 Å². The van der Waals surface area contributed by atoms with Crippen LogP contribution >= 0.6 is 0 Å². The van der Waals surface area contributed by atoms with E-state index in [2.05, 4.69) is 10.2 Å². The van der Waals surface area contributed by atoms with Gasteiger partial charge >= 0.3 is 6.03 Å². The Kier molecular flexibility index (Phi) is 5.34. The van der Waals surface area contributed by atoms with E-state index >= 15 is 0 Å². The third-order valence-electron chi connectivity index (χ3n) is 4.18. The molecule has 0 unspecified atom stereocenters. The maximum Gasteiger partial charge on any atom is 0.317 e. The maximum atomic E-state index is 13.7. The van der Waals surface area contributed by atoms with Crippen molar-refractivity contribution in [3.05, 3.63) is 35.4 Å². The summed E-state index contributed by atoms with van der Waals surface area (Å²) in [5.41, 5.74) is 0.288. The highest BCUT2D eigenvalue weighted by Gasteiger charge is 2.26. The quantitative estimate of drug-likeness (QED) is 0.932. The van der Waals surface area contributed by atoms with Crippen LogP contribution in [0.1, 0.15) is 31.4 Å². The summed E-state index contributed by atoms with van der Waals surface area (Å²) in [6, 6.07) is 3.03. The number of likely N-dealkylation sites (N-methyl/N-ethyl adjacent to an activating group) is 1. The van der Waals surface area contributed by atoms with Crippen LogP contribution in [0, 0.1) is 11.6 Å². The van der Waals surface area contributed by atoms with E-state index in [9.17, 15) is 13.6 Å². The zero-order valence-electron chi connectivity index (χ0n) is 13.3. The second kappa shape index (κ2) is 7.05. The van der Waals surface area contributed by atoms with Crippen molar-refractivity contribution in [1.82, 2.24) is 15.1 Å². The van der Waals surface area contributed by atoms with Crippen LogP contribution in [-0.4, -0.2) is 49.1 Å². The summed E-state index contributed by atoms with van der Waals surface area (Å²) in [4.78, 5) is 16.2. The summed E-state index contributed by atoms with van der Waals surface area (Å²) in [6.45, 7) is 3.06. The van der Waals surface area contributed by atoms with E-state index in [1.807, 2.05) is 14.1 Å². The normalized spacial score (nSPS) is 20.1. The van der Waals surface area contributed by atoms with E-state index in [1.165, 1.54) is 12.1 Å². The molecule has 22 heavy (non-hydrogen) atoms. The molecule has 4 nitrogen and oxygen atoms in total. The average Bonchev–Trinajstić information content (AvgIpc) is 2.47. The molecular weight excluding hydrogens is 288 g/mol. The zero-order valence-corrected chi connectivity index (χ0v) is 13.3. The summed E-state index contributed by atoms with van der Waals surface area (Å²) >= 11 is 0. The number of nitrogens with one attached hydrogen (secondary N) is 1. The number of carbonyl (C=O) groups is 1. The summed E-state index contributed by atoms with van der Waals surface area (Å²) in [5, 5.41) is 2.79. The first-order valence-corrected chi connectivity index (χ1v) is 7.55. The lowest BCUT2D eigenvalue weighted by Crippen LogP contribution is -2.51. The van der Waals surface area contributed by atoms with E-state index in [1.54, 1.807) is 11.8 Å². The molecule has 0 spiro atoms. The zero-order chi connectivity index (χ0) is 16.3. The molecule has 0 saturated carbocycles. The van der Waals surface area contributed by atoms with Gasteiger partial charge in [0.15, 0.2) is 0 Å². The van der Waals surface area contributed by atoms with Crippen LogP contribution in [0.3, 0.4) is 0 Å². The predicted molar refractivity (Wildman–Crippen MR) is 81.6 cm³/mol. The number of hydrogen-bond acceptors (Lipinski definition) is 2. The number of likely N-dealkylation sites (tertiary alicyclic amines) is 1. The number of halogens is 2. The molecule has 122 valence electrons. The van der Waals surface area contributed by atoms with Crippen LogP contribution in [0.4, 0.5) is 13.6 Å². The lowest BCUT2D eigenvalue weighted by atomic mass is 10.0. The molecule has 0 radical (unpaired) electrons. The highest BCUT2D eigenvalue weighted by molar-refractivity contribution is 5.74. The van der Waals surface area contributed by atoms with Crippen molar-refractivity contribution in [2.75, 3.05) is 27.2 Å². The van der Waals surface area contributed by atoms with Crippen LogP contribution in [0.15, 0.2) is 18.2 Å². The number of benzene rings is 1. The minimum Gasteiger partial charge on any atom is -0.331 e. The van der Waals surface area contributed by atoms with Gasteiger partial charge in [0.1, 0.15) is 11.6 Å². The Morgan fingerprint density at radius 1 is 1.41 bits per heavy atom. The summed E-state index contributed by atoms with van der Waals surface area (Å²) in [6.07, 6.45) is 2.02. The first-order valence-electron chi connectivity index (χ1n) is 7.55. The maximum absolute atomic E-state index is 13.7. The molecule has 1 aromatic carbocycles. The molecule has 1 aromatic rings. The van der Waals surface area contributed by atoms with Gasteiger partial charge in [-0.1, -0.05) is 6.07 Å². The van der Waals surface area contributed by atoms with Crippen LogP contribution in [0.5, 0.6) is 0 Å². The lowest BCUT2D eigenvalue weighted by molar-refractivity contribution is 0.138. The Hall–Kier alpha value is -1.69. The fourth-order valence-corrected chi connectivity index (χ4v) is 2.77. The molecule has 1 fully saturated rings. The smallest absolute Gasteiger partial charge is 0.317 e. The van der Waals surface area contributed by atoms with Crippen molar-refractivity contribution in [2.45, 2.75) is 31.8 Å². The first-order chi connectivity index (χ1) is 10.4. The molecule has 1 aliphatic heterocycles. The van der Waals surface area contributed by atoms with Crippen LogP contribution in [-0.2, 0) is 0 Å². The Bertz CT molecular complexity index is 536. The monoisotopic (exact) mass is 311 g/mol. The van der Waals surface area contributed by atoms with Crippen LogP contribution in [0.25, 0.3) is 0 Å². The van der Waals surface area contributed by atoms with E-state index in [4.69, 9.17) is 0 Å². The van der Waals surface area contributed by atoms with Crippen molar-refractivity contribution < 1.29 is 13.6 Å². The number of rotatable bonds is 3. The van der Waals surface area contributed by atoms with Gasteiger partial charge in [-0.25, -0.2) is 13.6 Å². The van der Waals surface area contributed by atoms with Crippen molar-refractivity contribution in [2.24, 2.45) is 0 Å². The van der Waals surface area contributed by atoms with Gasteiger partial charge in [-0.2, -0.15) is 0 Å². The molecular formula is C16H23F2N3O. The van der Waals surface area contributed by atoms with Crippen molar-refractivity contribution in [1.29, 1.82) is 0 Å². The predicted octanol–water partition coefficient (Wildman–Crippen LogP) is 2.76. The molecule has 2 amide bonds. The molecule has 1 N–H and O–H groups in total. The van der Waals surface area contributed by atoms with Gasteiger partial charge in [-0.3, -0.25) is 0 Å². The SMILES string of the molecule is C[C@H](NC(=O)N1CCC[C@@H](N(C)C)C1)c1ccc(F)cc1F. The molecule has 0 aromatic heterocycles. The second-order valence-corrected chi connectivity index (χ2v) is 6.04. The first kappa shape index (κ1) is 16.7. The largest absolute Gasteiger partial charge is 0.331 e. The molecule has 6 heteroatoms. The van der Waals surface area contributed by atoms with E-state index < -0.39 is 17.7 Å². The molecule has 2 atom stereocenters. The highest BCUT2D eigenvalue weighted by atomic mass is 19.1.